The van der Waals surface area contributed by atoms with E-state index < -0.39 is 9.84 Å². The fourth-order valence-corrected chi connectivity index (χ4v) is 4.75. The highest BCUT2D eigenvalue weighted by atomic mass is 32.2. The van der Waals surface area contributed by atoms with Crippen LogP contribution in [0.1, 0.15) is 23.2 Å². The molecule has 1 unspecified atom stereocenters. The number of rotatable bonds is 5. The van der Waals surface area contributed by atoms with Crippen LogP contribution in [-0.2, 0) is 22.7 Å². The minimum atomic E-state index is -2.87. The molecule has 0 amide bonds. The van der Waals surface area contributed by atoms with Crippen LogP contribution in [0.3, 0.4) is 0 Å². The van der Waals surface area contributed by atoms with E-state index >= 15 is 0 Å². The zero-order valence-corrected chi connectivity index (χ0v) is 14.1. The number of hydrogen-bond donors (Lipinski definition) is 2. The molecule has 118 valence electrons. The van der Waals surface area contributed by atoms with E-state index in [9.17, 15) is 8.42 Å². The molecule has 2 rings (SSSR count). The Morgan fingerprint density at radius 1 is 1.57 bits per heavy atom. The summed E-state index contributed by atoms with van der Waals surface area (Å²) in [5.41, 5.74) is 0. The highest BCUT2D eigenvalue weighted by Gasteiger charge is 2.28. The first-order valence-electron chi connectivity index (χ1n) is 7.13. The molecule has 0 radical (unpaired) electrons. The maximum Gasteiger partial charge on any atom is 0.191 e. The van der Waals surface area contributed by atoms with Crippen molar-refractivity contribution >= 4 is 27.1 Å². The molecule has 2 N–H and O–H groups in total. The predicted molar refractivity (Wildman–Crippen MR) is 86.8 cm³/mol. The van der Waals surface area contributed by atoms with E-state index in [-0.39, 0.29) is 17.5 Å². The van der Waals surface area contributed by atoms with Crippen molar-refractivity contribution in [2.45, 2.75) is 32.2 Å². The molecule has 21 heavy (non-hydrogen) atoms. The molecule has 0 bridgehead atoms. The molecule has 1 fully saturated rings. The van der Waals surface area contributed by atoms with Gasteiger partial charge >= 0.3 is 0 Å². The maximum atomic E-state index is 11.4. The van der Waals surface area contributed by atoms with Gasteiger partial charge in [0.25, 0.3) is 0 Å². The Kier molecular flexibility index (Phi) is 5.58. The first-order valence-corrected chi connectivity index (χ1v) is 9.77. The van der Waals surface area contributed by atoms with E-state index in [1.165, 1.54) is 4.88 Å². The standard InChI is InChI=1S/C13H22N4O2S2/c1-3-11-8-16-12(20-11)4-6-15-13(14-2)17-10-5-7-21(18,19)9-10/h8,10H,3-7,9H2,1-2H3,(H2,14,15,17). The smallest absolute Gasteiger partial charge is 0.191 e. The van der Waals surface area contributed by atoms with Gasteiger partial charge in [0.2, 0.25) is 0 Å². The molecule has 1 aromatic rings. The number of guanidine groups is 1. The number of nitrogens with zero attached hydrogens (tertiary/aromatic N) is 2. The summed E-state index contributed by atoms with van der Waals surface area (Å²) < 4.78 is 22.9. The molecular weight excluding hydrogens is 308 g/mol. The van der Waals surface area contributed by atoms with Crippen LogP contribution in [0.4, 0.5) is 0 Å². The van der Waals surface area contributed by atoms with Gasteiger partial charge in [-0.25, -0.2) is 13.4 Å². The summed E-state index contributed by atoms with van der Waals surface area (Å²) in [7, 11) is -1.17. The third-order valence-corrected chi connectivity index (χ3v) is 6.35. The third-order valence-electron chi connectivity index (χ3n) is 3.38. The second-order valence-electron chi connectivity index (χ2n) is 5.07. The fraction of sp³-hybridized carbons (Fsp3) is 0.692. The van der Waals surface area contributed by atoms with Gasteiger partial charge in [-0.3, -0.25) is 4.99 Å². The Morgan fingerprint density at radius 2 is 2.38 bits per heavy atom. The third kappa shape index (κ3) is 4.96. The lowest BCUT2D eigenvalue weighted by atomic mass is 10.3. The normalized spacial score (nSPS) is 21.4. The lowest BCUT2D eigenvalue weighted by molar-refractivity contribution is 0.599. The Labute approximate surface area is 130 Å². The van der Waals surface area contributed by atoms with Gasteiger partial charge in [-0.05, 0) is 12.8 Å². The molecule has 8 heteroatoms. The maximum absolute atomic E-state index is 11.4. The van der Waals surface area contributed by atoms with Crippen LogP contribution in [-0.4, -0.2) is 50.5 Å². The zero-order valence-electron chi connectivity index (χ0n) is 12.4. The summed E-state index contributed by atoms with van der Waals surface area (Å²) in [5.74, 6) is 1.12. The van der Waals surface area contributed by atoms with Gasteiger partial charge in [0.1, 0.15) is 0 Å². The highest BCUT2D eigenvalue weighted by Crippen LogP contribution is 2.13. The fourth-order valence-electron chi connectivity index (χ4n) is 2.21. The largest absolute Gasteiger partial charge is 0.356 e. The van der Waals surface area contributed by atoms with Crippen molar-refractivity contribution in [1.29, 1.82) is 0 Å². The number of aryl methyl sites for hydroxylation is 1. The minimum Gasteiger partial charge on any atom is -0.356 e. The molecule has 2 heterocycles. The van der Waals surface area contributed by atoms with Gasteiger partial charge in [-0.1, -0.05) is 6.92 Å². The second kappa shape index (κ2) is 7.22. The van der Waals surface area contributed by atoms with E-state index in [1.54, 1.807) is 18.4 Å². The SMILES string of the molecule is CCc1cnc(CCNC(=NC)NC2CCS(=O)(=O)C2)s1. The van der Waals surface area contributed by atoms with Crippen LogP contribution in [0.2, 0.25) is 0 Å². The topological polar surface area (TPSA) is 83.4 Å². The van der Waals surface area contributed by atoms with Crippen molar-refractivity contribution < 1.29 is 8.42 Å². The van der Waals surface area contributed by atoms with E-state index in [2.05, 4.69) is 27.5 Å². The van der Waals surface area contributed by atoms with Crippen molar-refractivity contribution in [3.8, 4) is 0 Å². The molecule has 1 aliphatic rings. The molecule has 1 atom stereocenters. The first kappa shape index (κ1) is 16.2. The van der Waals surface area contributed by atoms with Gasteiger partial charge in [0.15, 0.2) is 15.8 Å². The van der Waals surface area contributed by atoms with Gasteiger partial charge in [0, 0.05) is 37.1 Å². The lowest BCUT2D eigenvalue weighted by Crippen LogP contribution is -2.44. The molecule has 1 saturated heterocycles. The Hall–Kier alpha value is -1.15. The summed E-state index contributed by atoms with van der Waals surface area (Å²) in [5, 5.41) is 7.49. The molecule has 1 aliphatic heterocycles. The van der Waals surface area contributed by atoms with Crippen molar-refractivity contribution in [3.05, 3.63) is 16.1 Å². The van der Waals surface area contributed by atoms with Crippen molar-refractivity contribution in [2.75, 3.05) is 25.1 Å². The average molecular weight is 330 g/mol. The number of aromatic nitrogens is 1. The van der Waals surface area contributed by atoms with Crippen molar-refractivity contribution in [2.24, 2.45) is 4.99 Å². The van der Waals surface area contributed by atoms with Crippen LogP contribution >= 0.6 is 11.3 Å². The summed E-state index contributed by atoms with van der Waals surface area (Å²) >= 11 is 1.73. The van der Waals surface area contributed by atoms with Gasteiger partial charge in [-0.2, -0.15) is 0 Å². The summed E-state index contributed by atoms with van der Waals surface area (Å²) in [6, 6.07) is -0.0345. The number of hydrogen-bond acceptors (Lipinski definition) is 5. The summed E-state index contributed by atoms with van der Waals surface area (Å²) in [4.78, 5) is 9.80. The molecular formula is C13H22N4O2S2. The van der Waals surface area contributed by atoms with Gasteiger partial charge < -0.3 is 10.6 Å². The molecule has 0 aliphatic carbocycles. The van der Waals surface area contributed by atoms with Gasteiger partial charge in [-0.15, -0.1) is 11.3 Å². The molecule has 6 nitrogen and oxygen atoms in total. The Balaban J connectivity index is 1.75. The number of nitrogens with one attached hydrogen (secondary N) is 2. The molecule has 0 spiro atoms. The number of thiazole rings is 1. The molecule has 0 saturated carbocycles. The monoisotopic (exact) mass is 330 g/mol. The van der Waals surface area contributed by atoms with E-state index in [1.807, 2.05) is 6.20 Å². The van der Waals surface area contributed by atoms with E-state index in [4.69, 9.17) is 0 Å². The minimum absolute atomic E-state index is 0.0345. The predicted octanol–water partition coefficient (Wildman–Crippen LogP) is 0.600. The quantitative estimate of drug-likeness (QED) is 0.610. The lowest BCUT2D eigenvalue weighted by Gasteiger charge is -2.15. The second-order valence-corrected chi connectivity index (χ2v) is 8.50. The van der Waals surface area contributed by atoms with Crippen molar-refractivity contribution in [3.63, 3.8) is 0 Å². The van der Waals surface area contributed by atoms with Crippen LogP contribution in [0, 0.1) is 0 Å². The number of sulfone groups is 1. The number of aliphatic imine (C=N–C) groups is 1. The summed E-state index contributed by atoms with van der Waals surface area (Å²) in [6.07, 6.45) is 4.44. The first-order chi connectivity index (χ1) is 10.0. The zero-order chi connectivity index (χ0) is 15.3. The van der Waals surface area contributed by atoms with Crippen LogP contribution in [0.15, 0.2) is 11.2 Å². The Morgan fingerprint density at radius 3 is 2.95 bits per heavy atom. The molecule has 1 aromatic heterocycles. The summed E-state index contributed by atoms with van der Waals surface area (Å²) in [6.45, 7) is 2.85. The Bertz CT molecular complexity index is 595. The van der Waals surface area contributed by atoms with Crippen molar-refractivity contribution in [1.82, 2.24) is 15.6 Å². The van der Waals surface area contributed by atoms with Crippen LogP contribution in [0.5, 0.6) is 0 Å². The van der Waals surface area contributed by atoms with Crippen LogP contribution < -0.4 is 10.6 Å². The average Bonchev–Trinajstić information content (AvgIpc) is 3.04. The van der Waals surface area contributed by atoms with Crippen LogP contribution in [0.25, 0.3) is 0 Å². The van der Waals surface area contributed by atoms with Gasteiger partial charge in [0.05, 0.1) is 16.5 Å². The van der Waals surface area contributed by atoms with E-state index in [0.29, 0.717) is 12.4 Å². The highest BCUT2D eigenvalue weighted by molar-refractivity contribution is 7.91. The van der Waals surface area contributed by atoms with E-state index in [0.717, 1.165) is 24.4 Å². The molecule has 0 aromatic carbocycles.